The Morgan fingerprint density at radius 3 is 2.91 bits per heavy atom. The second-order valence-corrected chi connectivity index (χ2v) is 6.11. The third-order valence-corrected chi connectivity index (χ3v) is 4.68. The summed E-state index contributed by atoms with van der Waals surface area (Å²) in [6.45, 7) is 1.89. The van der Waals surface area contributed by atoms with Gasteiger partial charge in [-0.05, 0) is 37.8 Å². The number of hydrogen-bond acceptors (Lipinski definition) is 4. The largest absolute Gasteiger partial charge is 0.346 e. The number of aryl methyl sites for hydroxylation is 1. The summed E-state index contributed by atoms with van der Waals surface area (Å²) in [5.41, 5.74) is 0. The Kier molecular flexibility index (Phi) is 3.52. The third kappa shape index (κ3) is 2.36. The molecule has 4 heterocycles. The SMILES string of the molecule is Fc1cccc(N2CCC[C@@H]2c2nnc3n2CCCCC3)n1. The maximum atomic E-state index is 13.4. The van der Waals surface area contributed by atoms with Crippen molar-refractivity contribution in [3.05, 3.63) is 35.8 Å². The molecular weight excluding hydrogens is 281 g/mol. The van der Waals surface area contributed by atoms with E-state index in [1.165, 1.54) is 25.3 Å². The topological polar surface area (TPSA) is 46.8 Å². The first-order valence-electron chi connectivity index (χ1n) is 8.14. The molecular formula is C16H20FN5. The average Bonchev–Trinajstić information content (AvgIpc) is 3.08. The van der Waals surface area contributed by atoms with Gasteiger partial charge in [-0.1, -0.05) is 12.5 Å². The maximum Gasteiger partial charge on any atom is 0.214 e. The lowest BCUT2D eigenvalue weighted by atomic mass is 10.2. The molecule has 2 aromatic rings. The van der Waals surface area contributed by atoms with Gasteiger partial charge in [0.2, 0.25) is 5.95 Å². The van der Waals surface area contributed by atoms with E-state index in [1.54, 1.807) is 6.07 Å². The number of pyridine rings is 1. The van der Waals surface area contributed by atoms with Gasteiger partial charge in [0.1, 0.15) is 11.6 Å². The molecule has 22 heavy (non-hydrogen) atoms. The summed E-state index contributed by atoms with van der Waals surface area (Å²) >= 11 is 0. The molecule has 0 radical (unpaired) electrons. The molecule has 1 fully saturated rings. The molecule has 1 atom stereocenters. The van der Waals surface area contributed by atoms with E-state index in [9.17, 15) is 4.39 Å². The number of fused-ring (bicyclic) bond motifs is 1. The lowest BCUT2D eigenvalue weighted by Crippen LogP contribution is -2.26. The first-order chi connectivity index (χ1) is 10.8. The van der Waals surface area contributed by atoms with Crippen LogP contribution in [0.5, 0.6) is 0 Å². The van der Waals surface area contributed by atoms with Gasteiger partial charge in [-0.15, -0.1) is 10.2 Å². The van der Waals surface area contributed by atoms with Crippen molar-refractivity contribution in [2.75, 3.05) is 11.4 Å². The zero-order valence-electron chi connectivity index (χ0n) is 12.6. The van der Waals surface area contributed by atoms with Crippen LogP contribution in [-0.2, 0) is 13.0 Å². The Bertz CT molecular complexity index is 668. The Morgan fingerprint density at radius 1 is 1.05 bits per heavy atom. The van der Waals surface area contributed by atoms with Crippen molar-refractivity contribution in [3.63, 3.8) is 0 Å². The Labute approximate surface area is 129 Å². The van der Waals surface area contributed by atoms with Crippen LogP contribution in [0.25, 0.3) is 0 Å². The fourth-order valence-corrected chi connectivity index (χ4v) is 3.62. The van der Waals surface area contributed by atoms with Crippen molar-refractivity contribution in [1.29, 1.82) is 0 Å². The maximum absolute atomic E-state index is 13.4. The number of aromatic nitrogens is 4. The highest BCUT2D eigenvalue weighted by molar-refractivity contribution is 5.42. The van der Waals surface area contributed by atoms with Crippen molar-refractivity contribution in [3.8, 4) is 0 Å². The van der Waals surface area contributed by atoms with Gasteiger partial charge in [-0.2, -0.15) is 4.39 Å². The average molecular weight is 301 g/mol. The molecule has 6 heteroatoms. The molecule has 0 amide bonds. The van der Waals surface area contributed by atoms with E-state index < -0.39 is 5.95 Å². The fraction of sp³-hybridized carbons (Fsp3) is 0.562. The second-order valence-electron chi connectivity index (χ2n) is 6.11. The van der Waals surface area contributed by atoms with E-state index in [0.717, 1.165) is 44.0 Å². The molecule has 2 aliphatic rings. The minimum atomic E-state index is -0.428. The molecule has 0 saturated carbocycles. The number of halogens is 1. The standard InChI is InChI=1S/C16H20FN5/c17-13-7-4-9-14(18-13)21-11-5-6-12(21)16-20-19-15-8-2-1-3-10-22(15)16/h4,7,9,12H,1-3,5-6,8,10-11H2/t12-/m1/s1. The quantitative estimate of drug-likeness (QED) is 0.800. The zero-order chi connectivity index (χ0) is 14.9. The highest BCUT2D eigenvalue weighted by Crippen LogP contribution is 2.35. The fourth-order valence-electron chi connectivity index (χ4n) is 3.62. The predicted molar refractivity (Wildman–Crippen MR) is 81.1 cm³/mol. The van der Waals surface area contributed by atoms with E-state index in [-0.39, 0.29) is 6.04 Å². The van der Waals surface area contributed by atoms with Gasteiger partial charge >= 0.3 is 0 Å². The molecule has 0 aromatic carbocycles. The molecule has 4 rings (SSSR count). The zero-order valence-corrected chi connectivity index (χ0v) is 12.6. The van der Waals surface area contributed by atoms with Crippen LogP contribution in [0.4, 0.5) is 10.2 Å². The molecule has 1 saturated heterocycles. The molecule has 116 valence electrons. The van der Waals surface area contributed by atoms with Gasteiger partial charge in [0.05, 0.1) is 6.04 Å². The summed E-state index contributed by atoms with van der Waals surface area (Å²) in [5, 5.41) is 8.87. The Hall–Kier alpha value is -1.98. The van der Waals surface area contributed by atoms with Gasteiger partial charge < -0.3 is 9.47 Å². The van der Waals surface area contributed by atoms with Crippen molar-refractivity contribution < 1.29 is 4.39 Å². The van der Waals surface area contributed by atoms with E-state index >= 15 is 0 Å². The van der Waals surface area contributed by atoms with Gasteiger partial charge in [0.15, 0.2) is 5.82 Å². The first kappa shape index (κ1) is 13.7. The van der Waals surface area contributed by atoms with Gasteiger partial charge in [0.25, 0.3) is 0 Å². The predicted octanol–water partition coefficient (Wildman–Crippen LogP) is 2.88. The van der Waals surface area contributed by atoms with Crippen LogP contribution in [0.15, 0.2) is 18.2 Å². The summed E-state index contributed by atoms with van der Waals surface area (Å²) in [7, 11) is 0. The van der Waals surface area contributed by atoms with Crippen LogP contribution in [0.3, 0.4) is 0 Å². The number of rotatable bonds is 2. The van der Waals surface area contributed by atoms with E-state index in [2.05, 4.69) is 24.6 Å². The van der Waals surface area contributed by atoms with Crippen LogP contribution < -0.4 is 4.90 Å². The summed E-state index contributed by atoms with van der Waals surface area (Å²) in [5.74, 6) is 2.41. The van der Waals surface area contributed by atoms with Crippen LogP contribution in [-0.4, -0.2) is 26.3 Å². The van der Waals surface area contributed by atoms with E-state index in [4.69, 9.17) is 0 Å². The van der Waals surface area contributed by atoms with Gasteiger partial charge in [-0.25, -0.2) is 4.98 Å². The minimum Gasteiger partial charge on any atom is -0.346 e. The summed E-state index contributed by atoms with van der Waals surface area (Å²) < 4.78 is 15.7. The minimum absolute atomic E-state index is 0.161. The molecule has 0 spiro atoms. The van der Waals surface area contributed by atoms with Crippen molar-refractivity contribution in [2.24, 2.45) is 0 Å². The highest BCUT2D eigenvalue weighted by Gasteiger charge is 2.32. The number of anilines is 1. The number of hydrogen-bond donors (Lipinski definition) is 0. The molecule has 2 aliphatic heterocycles. The molecule has 0 bridgehead atoms. The van der Waals surface area contributed by atoms with Crippen molar-refractivity contribution >= 4 is 5.82 Å². The number of nitrogens with zero attached hydrogens (tertiary/aromatic N) is 5. The molecule has 5 nitrogen and oxygen atoms in total. The van der Waals surface area contributed by atoms with Crippen LogP contribution in [0.2, 0.25) is 0 Å². The Balaban J connectivity index is 1.68. The summed E-state index contributed by atoms with van der Waals surface area (Å²) in [4.78, 5) is 6.22. The van der Waals surface area contributed by atoms with Crippen LogP contribution >= 0.6 is 0 Å². The van der Waals surface area contributed by atoms with Crippen molar-refractivity contribution in [1.82, 2.24) is 19.7 Å². The lowest BCUT2D eigenvalue weighted by molar-refractivity contribution is 0.550. The van der Waals surface area contributed by atoms with Crippen LogP contribution in [0.1, 0.15) is 49.8 Å². The van der Waals surface area contributed by atoms with Gasteiger partial charge in [-0.3, -0.25) is 0 Å². The Morgan fingerprint density at radius 2 is 2.00 bits per heavy atom. The summed E-state index contributed by atoms with van der Waals surface area (Å²) in [6.07, 6.45) is 6.74. The first-order valence-corrected chi connectivity index (χ1v) is 8.14. The smallest absolute Gasteiger partial charge is 0.214 e. The normalized spacial score (nSPS) is 21.7. The lowest BCUT2D eigenvalue weighted by Gasteiger charge is -2.25. The summed E-state index contributed by atoms with van der Waals surface area (Å²) in [6, 6.07) is 5.14. The van der Waals surface area contributed by atoms with Crippen molar-refractivity contribution in [2.45, 2.75) is 51.1 Å². The molecule has 0 aliphatic carbocycles. The van der Waals surface area contributed by atoms with E-state index in [1.807, 2.05) is 6.07 Å². The molecule has 0 N–H and O–H groups in total. The molecule has 2 aromatic heterocycles. The van der Waals surface area contributed by atoms with Gasteiger partial charge in [0, 0.05) is 19.5 Å². The molecule has 0 unspecified atom stereocenters. The van der Waals surface area contributed by atoms with Crippen LogP contribution in [0, 0.1) is 5.95 Å². The van der Waals surface area contributed by atoms with E-state index in [0.29, 0.717) is 5.82 Å². The monoisotopic (exact) mass is 301 g/mol. The highest BCUT2D eigenvalue weighted by atomic mass is 19.1. The second kappa shape index (κ2) is 5.66. The third-order valence-electron chi connectivity index (χ3n) is 4.68.